The van der Waals surface area contributed by atoms with E-state index in [1.165, 1.54) is 6.07 Å². The Hall–Kier alpha value is -1.76. The van der Waals surface area contributed by atoms with Gasteiger partial charge >= 0.3 is 6.18 Å². The number of alkyl halides is 3. The van der Waals surface area contributed by atoms with Crippen molar-refractivity contribution >= 4 is 12.2 Å². The van der Waals surface area contributed by atoms with Gasteiger partial charge in [-0.3, -0.25) is 4.79 Å². The van der Waals surface area contributed by atoms with Crippen LogP contribution in [0.5, 0.6) is 0 Å². The van der Waals surface area contributed by atoms with Crippen molar-refractivity contribution < 1.29 is 22.7 Å². The predicted molar refractivity (Wildman–Crippen MR) is 71.8 cm³/mol. The van der Waals surface area contributed by atoms with Gasteiger partial charge in [-0.1, -0.05) is 0 Å². The van der Waals surface area contributed by atoms with Crippen LogP contribution in [0.25, 0.3) is 0 Å². The maximum absolute atomic E-state index is 12.8. The second kappa shape index (κ2) is 5.93. The van der Waals surface area contributed by atoms with Gasteiger partial charge in [0.2, 0.25) is 0 Å². The minimum absolute atomic E-state index is 0.0690. The van der Waals surface area contributed by atoms with Crippen LogP contribution in [0.4, 0.5) is 18.9 Å². The highest BCUT2D eigenvalue weighted by Crippen LogP contribution is 2.39. The summed E-state index contributed by atoms with van der Waals surface area (Å²) in [5.41, 5.74) is 6.44. The summed E-state index contributed by atoms with van der Waals surface area (Å²) in [5, 5.41) is 0. The molecule has 0 saturated carbocycles. The number of ether oxygens (including phenoxy) is 1. The molecule has 0 bridgehead atoms. The molecule has 116 valence electrons. The molecule has 2 atom stereocenters. The Morgan fingerprint density at radius 3 is 2.81 bits per heavy atom. The van der Waals surface area contributed by atoms with Crippen molar-refractivity contribution in [3.8, 4) is 0 Å². The molecule has 1 aliphatic heterocycles. The summed E-state index contributed by atoms with van der Waals surface area (Å²) in [6.07, 6.45) is -3.83. The average Bonchev–Trinajstić information content (AvgIpc) is 2.41. The van der Waals surface area contributed by atoms with Gasteiger partial charge in [0.15, 0.2) is 0 Å². The summed E-state index contributed by atoms with van der Waals surface area (Å²) in [6, 6.07) is 3.24. The SMILES string of the molecule is CC1CC(N)c2cc(C(F)(F)F)ccc2N1CCOC=O. The monoisotopic (exact) mass is 302 g/mol. The lowest BCUT2D eigenvalue weighted by Gasteiger charge is -2.39. The first-order chi connectivity index (χ1) is 9.84. The number of benzene rings is 1. The van der Waals surface area contributed by atoms with E-state index >= 15 is 0 Å². The Morgan fingerprint density at radius 2 is 2.19 bits per heavy atom. The van der Waals surface area contributed by atoms with Gasteiger partial charge in [-0.15, -0.1) is 0 Å². The first-order valence-corrected chi connectivity index (χ1v) is 6.63. The molecule has 0 amide bonds. The quantitative estimate of drug-likeness (QED) is 0.686. The fourth-order valence-electron chi connectivity index (χ4n) is 2.69. The Morgan fingerprint density at radius 1 is 1.48 bits per heavy atom. The maximum atomic E-state index is 12.8. The van der Waals surface area contributed by atoms with Crippen molar-refractivity contribution in [1.29, 1.82) is 0 Å². The molecule has 7 heteroatoms. The number of nitrogens with two attached hydrogens (primary N) is 1. The predicted octanol–water partition coefficient (Wildman–Crippen LogP) is 2.48. The number of anilines is 1. The van der Waals surface area contributed by atoms with E-state index in [4.69, 9.17) is 5.73 Å². The summed E-state index contributed by atoms with van der Waals surface area (Å²) in [6.45, 7) is 2.91. The second-order valence-electron chi connectivity index (χ2n) is 5.12. The Balaban J connectivity index is 2.33. The zero-order valence-corrected chi connectivity index (χ0v) is 11.6. The molecule has 0 radical (unpaired) electrons. The number of carbonyl (C=O) groups is 1. The number of nitrogens with zero attached hydrogens (tertiary/aromatic N) is 1. The van der Waals surface area contributed by atoms with Crippen molar-refractivity contribution in [2.24, 2.45) is 5.73 Å². The van der Waals surface area contributed by atoms with Crippen LogP contribution in [0.1, 0.15) is 30.5 Å². The standard InChI is InChI=1S/C14H17F3N2O2/c1-9-6-12(18)11-7-10(14(15,16)17)2-3-13(11)19(9)4-5-21-8-20/h2-3,7-9,12H,4-6,18H2,1H3. The highest BCUT2D eigenvalue weighted by atomic mass is 19.4. The molecule has 0 aromatic heterocycles. The third-order valence-corrected chi connectivity index (χ3v) is 3.71. The first kappa shape index (κ1) is 15.6. The van der Waals surface area contributed by atoms with Crippen molar-refractivity contribution in [3.05, 3.63) is 29.3 Å². The first-order valence-electron chi connectivity index (χ1n) is 6.63. The highest BCUT2D eigenvalue weighted by Gasteiger charge is 2.34. The Bertz CT molecular complexity index is 519. The second-order valence-corrected chi connectivity index (χ2v) is 5.12. The molecule has 1 aliphatic rings. The van der Waals surface area contributed by atoms with Crippen LogP contribution >= 0.6 is 0 Å². The summed E-state index contributed by atoms with van der Waals surface area (Å²) >= 11 is 0. The van der Waals surface area contributed by atoms with Crippen LogP contribution in [0, 0.1) is 0 Å². The van der Waals surface area contributed by atoms with Crippen molar-refractivity contribution in [2.75, 3.05) is 18.1 Å². The molecule has 21 heavy (non-hydrogen) atoms. The average molecular weight is 302 g/mol. The topological polar surface area (TPSA) is 55.6 Å². The van der Waals surface area contributed by atoms with Gasteiger partial charge in [-0.25, -0.2) is 0 Å². The Labute approximate surface area is 120 Å². The van der Waals surface area contributed by atoms with Crippen LogP contribution in [-0.2, 0) is 15.7 Å². The molecule has 0 aliphatic carbocycles. The molecular formula is C14H17F3N2O2. The summed E-state index contributed by atoms with van der Waals surface area (Å²) in [5.74, 6) is 0. The van der Waals surface area contributed by atoms with E-state index in [9.17, 15) is 18.0 Å². The van der Waals surface area contributed by atoms with Crippen LogP contribution in [0.15, 0.2) is 18.2 Å². The van der Waals surface area contributed by atoms with Gasteiger partial charge < -0.3 is 15.4 Å². The van der Waals surface area contributed by atoms with Crippen LogP contribution in [0.3, 0.4) is 0 Å². The number of halogens is 3. The Kier molecular flexibility index (Phi) is 4.41. The maximum Gasteiger partial charge on any atom is 0.416 e. The minimum atomic E-state index is -4.39. The molecule has 2 N–H and O–H groups in total. The van der Waals surface area contributed by atoms with Gasteiger partial charge in [0.05, 0.1) is 12.1 Å². The lowest BCUT2D eigenvalue weighted by Crippen LogP contribution is -2.42. The lowest BCUT2D eigenvalue weighted by atomic mass is 9.91. The lowest BCUT2D eigenvalue weighted by molar-refractivity contribution is -0.137. The van der Waals surface area contributed by atoms with Crippen LogP contribution in [-0.4, -0.2) is 25.7 Å². The molecule has 0 spiro atoms. The zero-order valence-electron chi connectivity index (χ0n) is 11.6. The summed E-state index contributed by atoms with van der Waals surface area (Å²) < 4.78 is 43.1. The molecule has 4 nitrogen and oxygen atoms in total. The summed E-state index contributed by atoms with van der Waals surface area (Å²) in [4.78, 5) is 12.1. The number of hydrogen-bond donors (Lipinski definition) is 1. The van der Waals surface area contributed by atoms with E-state index in [0.717, 1.165) is 12.1 Å². The number of rotatable bonds is 4. The fraction of sp³-hybridized carbons (Fsp3) is 0.500. The van der Waals surface area contributed by atoms with Crippen molar-refractivity contribution in [1.82, 2.24) is 0 Å². The van der Waals surface area contributed by atoms with Gasteiger partial charge in [0.25, 0.3) is 6.47 Å². The highest BCUT2D eigenvalue weighted by molar-refractivity contribution is 5.59. The van der Waals surface area contributed by atoms with E-state index in [0.29, 0.717) is 30.7 Å². The molecule has 2 rings (SSSR count). The van der Waals surface area contributed by atoms with E-state index in [1.807, 2.05) is 11.8 Å². The third kappa shape index (κ3) is 3.29. The number of fused-ring (bicyclic) bond motifs is 1. The zero-order chi connectivity index (χ0) is 15.6. The molecule has 1 aromatic rings. The molecule has 1 aromatic carbocycles. The molecule has 0 fully saturated rings. The van der Waals surface area contributed by atoms with Gasteiger partial charge in [-0.05, 0) is 37.1 Å². The fourth-order valence-corrected chi connectivity index (χ4v) is 2.69. The summed E-state index contributed by atoms with van der Waals surface area (Å²) in [7, 11) is 0. The van der Waals surface area contributed by atoms with E-state index in [-0.39, 0.29) is 12.6 Å². The van der Waals surface area contributed by atoms with E-state index in [1.54, 1.807) is 0 Å². The van der Waals surface area contributed by atoms with Gasteiger partial charge in [0.1, 0.15) is 6.61 Å². The van der Waals surface area contributed by atoms with Gasteiger partial charge in [0, 0.05) is 17.8 Å². The number of carbonyl (C=O) groups excluding carboxylic acids is 1. The van der Waals surface area contributed by atoms with E-state index < -0.39 is 17.8 Å². The largest absolute Gasteiger partial charge is 0.466 e. The minimum Gasteiger partial charge on any atom is -0.466 e. The third-order valence-electron chi connectivity index (χ3n) is 3.71. The van der Waals surface area contributed by atoms with Crippen molar-refractivity contribution in [3.63, 3.8) is 0 Å². The molecule has 0 saturated heterocycles. The van der Waals surface area contributed by atoms with Crippen LogP contribution in [0.2, 0.25) is 0 Å². The van der Waals surface area contributed by atoms with Crippen molar-refractivity contribution in [2.45, 2.75) is 31.6 Å². The smallest absolute Gasteiger partial charge is 0.416 e. The molecule has 2 unspecified atom stereocenters. The molecule has 1 heterocycles. The van der Waals surface area contributed by atoms with Gasteiger partial charge in [-0.2, -0.15) is 13.2 Å². The molecular weight excluding hydrogens is 285 g/mol. The normalized spacial score (nSPS) is 21.9. The van der Waals surface area contributed by atoms with Crippen LogP contribution < -0.4 is 10.6 Å². The van der Waals surface area contributed by atoms with E-state index in [2.05, 4.69) is 4.74 Å². The number of hydrogen-bond acceptors (Lipinski definition) is 4.